The molecule has 9 heteroatoms. The standard InChI is InChI=1S/C27H24F3NO5/c1-33-24-16-19(17-25(34-2)26(24)35-3)8-7-18-5-4-6-21(15-18)31-14-13-23(32)20-9-11-22(12-10-20)36-27(28,29)30/h4-17,31H,1-3H3. The molecule has 0 amide bonds. The topological polar surface area (TPSA) is 66.0 Å². The number of carbonyl (C=O) groups is 1. The predicted molar refractivity (Wildman–Crippen MR) is 132 cm³/mol. The van der Waals surface area contributed by atoms with Crippen LogP contribution in [0.2, 0.25) is 0 Å². The van der Waals surface area contributed by atoms with Gasteiger partial charge >= 0.3 is 6.36 Å². The first-order valence-electron chi connectivity index (χ1n) is 10.6. The number of ketones is 1. The number of ether oxygens (including phenoxy) is 4. The molecule has 6 nitrogen and oxygen atoms in total. The Balaban J connectivity index is 1.65. The Morgan fingerprint density at radius 3 is 2.06 bits per heavy atom. The van der Waals surface area contributed by atoms with Crippen LogP contribution in [0.1, 0.15) is 21.5 Å². The van der Waals surface area contributed by atoms with E-state index in [1.54, 1.807) is 21.3 Å². The summed E-state index contributed by atoms with van der Waals surface area (Å²) >= 11 is 0. The summed E-state index contributed by atoms with van der Waals surface area (Å²) in [6.07, 6.45) is 1.77. The third kappa shape index (κ3) is 7.30. The van der Waals surface area contributed by atoms with Crippen molar-refractivity contribution in [1.29, 1.82) is 0 Å². The van der Waals surface area contributed by atoms with E-state index in [1.807, 2.05) is 48.6 Å². The third-order valence-electron chi connectivity index (χ3n) is 4.90. The van der Waals surface area contributed by atoms with Crippen molar-refractivity contribution in [2.24, 2.45) is 0 Å². The molecule has 1 N–H and O–H groups in total. The SMILES string of the molecule is COc1cc(C=Cc2cccc(NC=CC(=O)c3ccc(OC(F)(F)F)cc3)c2)cc(OC)c1OC. The minimum absolute atomic E-state index is 0.226. The van der Waals surface area contributed by atoms with Crippen molar-refractivity contribution < 1.29 is 36.9 Å². The Morgan fingerprint density at radius 1 is 0.833 bits per heavy atom. The average Bonchev–Trinajstić information content (AvgIpc) is 2.86. The van der Waals surface area contributed by atoms with Crippen molar-refractivity contribution in [2.45, 2.75) is 6.36 Å². The van der Waals surface area contributed by atoms with E-state index in [9.17, 15) is 18.0 Å². The number of carbonyl (C=O) groups excluding carboxylic acids is 1. The zero-order chi connectivity index (χ0) is 26.1. The van der Waals surface area contributed by atoms with E-state index in [-0.39, 0.29) is 11.3 Å². The lowest BCUT2D eigenvalue weighted by atomic mass is 10.1. The largest absolute Gasteiger partial charge is 0.573 e. The number of hydrogen-bond acceptors (Lipinski definition) is 6. The summed E-state index contributed by atoms with van der Waals surface area (Å²) in [6, 6.07) is 15.8. The zero-order valence-electron chi connectivity index (χ0n) is 19.8. The second-order valence-corrected chi connectivity index (χ2v) is 7.33. The van der Waals surface area contributed by atoms with Crippen LogP contribution in [0.4, 0.5) is 18.9 Å². The number of allylic oxidation sites excluding steroid dienone is 1. The fraction of sp³-hybridized carbons (Fsp3) is 0.148. The summed E-state index contributed by atoms with van der Waals surface area (Å²) in [5.74, 6) is 0.834. The molecule has 3 aromatic carbocycles. The first-order chi connectivity index (χ1) is 17.2. The Bertz CT molecular complexity index is 1230. The van der Waals surface area contributed by atoms with Crippen molar-refractivity contribution in [1.82, 2.24) is 0 Å². The summed E-state index contributed by atoms with van der Waals surface area (Å²) in [5, 5.41) is 3.01. The molecule has 0 aliphatic rings. The second-order valence-electron chi connectivity index (χ2n) is 7.33. The lowest BCUT2D eigenvalue weighted by Crippen LogP contribution is -2.17. The number of methoxy groups -OCH3 is 3. The van der Waals surface area contributed by atoms with Gasteiger partial charge in [-0.25, -0.2) is 0 Å². The third-order valence-corrected chi connectivity index (χ3v) is 4.90. The molecule has 188 valence electrons. The Labute approximate surface area is 206 Å². The van der Waals surface area contributed by atoms with Crippen LogP contribution in [0.5, 0.6) is 23.0 Å². The molecule has 3 rings (SSSR count). The van der Waals surface area contributed by atoms with Crippen LogP contribution in [0.25, 0.3) is 12.2 Å². The summed E-state index contributed by atoms with van der Waals surface area (Å²) < 4.78 is 56.7. The van der Waals surface area contributed by atoms with Gasteiger partial charge in [0.2, 0.25) is 5.75 Å². The van der Waals surface area contributed by atoms with Gasteiger partial charge in [0.1, 0.15) is 5.75 Å². The van der Waals surface area contributed by atoms with Gasteiger partial charge in [-0.15, -0.1) is 13.2 Å². The molecule has 0 radical (unpaired) electrons. The molecule has 0 spiro atoms. The van der Waals surface area contributed by atoms with Gasteiger partial charge in [-0.3, -0.25) is 4.79 Å². The molecule has 0 atom stereocenters. The smallest absolute Gasteiger partial charge is 0.493 e. The number of hydrogen-bond donors (Lipinski definition) is 1. The molecular weight excluding hydrogens is 475 g/mol. The zero-order valence-corrected chi connectivity index (χ0v) is 19.8. The highest BCUT2D eigenvalue weighted by Crippen LogP contribution is 2.38. The van der Waals surface area contributed by atoms with Gasteiger partial charge in [-0.1, -0.05) is 24.3 Å². The Kier molecular flexibility index (Phi) is 8.61. The summed E-state index contributed by atoms with van der Waals surface area (Å²) in [6.45, 7) is 0. The molecule has 0 aliphatic heterocycles. The fourth-order valence-electron chi connectivity index (χ4n) is 3.25. The van der Waals surface area contributed by atoms with E-state index < -0.39 is 12.1 Å². The van der Waals surface area contributed by atoms with Crippen LogP contribution in [0.3, 0.4) is 0 Å². The van der Waals surface area contributed by atoms with Crippen molar-refractivity contribution >= 4 is 23.6 Å². The van der Waals surface area contributed by atoms with Crippen LogP contribution in [-0.2, 0) is 0 Å². The van der Waals surface area contributed by atoms with E-state index in [0.717, 1.165) is 28.9 Å². The summed E-state index contributed by atoms with van der Waals surface area (Å²) in [5.41, 5.74) is 2.71. The predicted octanol–water partition coefficient (Wildman–Crippen LogP) is 6.59. The van der Waals surface area contributed by atoms with E-state index in [0.29, 0.717) is 17.2 Å². The number of anilines is 1. The maximum absolute atomic E-state index is 12.3. The molecule has 0 unspecified atom stereocenters. The first kappa shape index (κ1) is 26.2. The van der Waals surface area contributed by atoms with Gasteiger partial charge < -0.3 is 24.3 Å². The summed E-state index contributed by atoms with van der Waals surface area (Å²) in [4.78, 5) is 12.3. The normalized spacial score (nSPS) is 11.5. The molecule has 0 heterocycles. The maximum Gasteiger partial charge on any atom is 0.573 e. The number of benzene rings is 3. The molecular formula is C27H24F3NO5. The fourth-order valence-corrected chi connectivity index (χ4v) is 3.25. The highest BCUT2D eigenvalue weighted by molar-refractivity contribution is 6.04. The number of halogens is 3. The number of rotatable bonds is 10. The van der Waals surface area contributed by atoms with E-state index in [4.69, 9.17) is 14.2 Å². The minimum atomic E-state index is -4.78. The van der Waals surface area contributed by atoms with Crippen LogP contribution in [0, 0.1) is 0 Å². The maximum atomic E-state index is 12.3. The van der Waals surface area contributed by atoms with Crippen molar-refractivity contribution in [3.8, 4) is 23.0 Å². The lowest BCUT2D eigenvalue weighted by Gasteiger charge is -2.12. The van der Waals surface area contributed by atoms with Gasteiger partial charge in [0, 0.05) is 23.5 Å². The van der Waals surface area contributed by atoms with Gasteiger partial charge in [0.25, 0.3) is 0 Å². The molecule has 36 heavy (non-hydrogen) atoms. The van der Waals surface area contributed by atoms with Crippen LogP contribution >= 0.6 is 0 Å². The molecule has 0 saturated heterocycles. The van der Waals surface area contributed by atoms with E-state index >= 15 is 0 Å². The molecule has 0 saturated carbocycles. The second kappa shape index (κ2) is 11.8. The van der Waals surface area contributed by atoms with Gasteiger partial charge in [-0.2, -0.15) is 0 Å². The molecule has 0 fully saturated rings. The van der Waals surface area contributed by atoms with Gasteiger partial charge in [-0.05, 0) is 59.7 Å². The molecule has 0 aliphatic carbocycles. The number of alkyl halides is 3. The summed E-state index contributed by atoms with van der Waals surface area (Å²) in [7, 11) is 4.64. The quantitative estimate of drug-likeness (QED) is 0.193. The van der Waals surface area contributed by atoms with Crippen molar-refractivity contribution in [3.05, 3.63) is 89.6 Å². The Morgan fingerprint density at radius 2 is 1.47 bits per heavy atom. The van der Waals surface area contributed by atoms with Crippen LogP contribution in [0.15, 0.2) is 72.9 Å². The van der Waals surface area contributed by atoms with Crippen LogP contribution in [-0.4, -0.2) is 33.5 Å². The molecule has 3 aromatic rings. The Hall–Kier alpha value is -4.40. The van der Waals surface area contributed by atoms with E-state index in [1.165, 1.54) is 24.4 Å². The average molecular weight is 499 g/mol. The number of nitrogens with one attached hydrogen (secondary N) is 1. The lowest BCUT2D eigenvalue weighted by molar-refractivity contribution is -0.274. The van der Waals surface area contributed by atoms with E-state index in [2.05, 4.69) is 10.1 Å². The minimum Gasteiger partial charge on any atom is -0.493 e. The van der Waals surface area contributed by atoms with Crippen molar-refractivity contribution in [3.63, 3.8) is 0 Å². The van der Waals surface area contributed by atoms with Gasteiger partial charge in [0.15, 0.2) is 17.3 Å². The van der Waals surface area contributed by atoms with Gasteiger partial charge in [0.05, 0.1) is 21.3 Å². The monoisotopic (exact) mass is 499 g/mol. The first-order valence-corrected chi connectivity index (χ1v) is 10.6. The molecule has 0 bridgehead atoms. The van der Waals surface area contributed by atoms with Crippen LogP contribution < -0.4 is 24.3 Å². The molecule has 0 aromatic heterocycles. The highest BCUT2D eigenvalue weighted by atomic mass is 19.4. The van der Waals surface area contributed by atoms with Crippen molar-refractivity contribution in [2.75, 3.05) is 26.6 Å². The highest BCUT2D eigenvalue weighted by Gasteiger charge is 2.31.